The number of phenols is 1. The van der Waals surface area contributed by atoms with E-state index in [1.807, 2.05) is 13.8 Å². The second kappa shape index (κ2) is 7.96. The Bertz CT molecular complexity index is 1480. The van der Waals surface area contributed by atoms with Crippen LogP contribution in [0.4, 0.5) is 5.13 Å². The molecule has 0 bridgehead atoms. The van der Waals surface area contributed by atoms with E-state index in [9.17, 15) is 14.7 Å². The standard InChI is InChI=1S/C23H18BrN3O5S/c1-10(2)21-25-26-23(33-21)27-17(11-8-13(24)19(29)15(9-11)31-3)16-18(28)12-6-4-5-7-14(12)32-20(16)22(27)30/h4-10,17,29H,1-3H3/t17-/m0/s1. The summed E-state index contributed by atoms with van der Waals surface area (Å²) in [5, 5.41) is 20.3. The van der Waals surface area contributed by atoms with Gasteiger partial charge in [0.15, 0.2) is 16.9 Å². The molecule has 4 aromatic rings. The van der Waals surface area contributed by atoms with Crippen molar-refractivity contribution in [1.82, 2.24) is 10.2 Å². The molecular weight excluding hydrogens is 510 g/mol. The molecule has 33 heavy (non-hydrogen) atoms. The van der Waals surface area contributed by atoms with Gasteiger partial charge >= 0.3 is 0 Å². The Kier molecular flexibility index (Phi) is 5.21. The molecule has 10 heteroatoms. The molecule has 0 saturated heterocycles. The van der Waals surface area contributed by atoms with Crippen LogP contribution in [0.1, 0.15) is 52.5 Å². The van der Waals surface area contributed by atoms with Crippen LogP contribution in [0.3, 0.4) is 0 Å². The smallest absolute Gasteiger partial charge is 0.297 e. The fourth-order valence-electron chi connectivity index (χ4n) is 3.90. The Morgan fingerprint density at radius 1 is 1.21 bits per heavy atom. The molecule has 3 heterocycles. The first-order valence-electron chi connectivity index (χ1n) is 10.1. The molecule has 8 nitrogen and oxygen atoms in total. The molecule has 0 spiro atoms. The average molecular weight is 528 g/mol. The maximum Gasteiger partial charge on any atom is 0.297 e. The number of ether oxygens (including phenoxy) is 1. The molecule has 1 N–H and O–H groups in total. The molecule has 168 valence electrons. The van der Waals surface area contributed by atoms with E-state index in [0.717, 1.165) is 5.01 Å². The molecule has 0 radical (unpaired) electrons. The van der Waals surface area contributed by atoms with Crippen molar-refractivity contribution in [2.75, 3.05) is 12.0 Å². The van der Waals surface area contributed by atoms with E-state index in [4.69, 9.17) is 9.15 Å². The van der Waals surface area contributed by atoms with Crippen LogP contribution in [0.2, 0.25) is 0 Å². The van der Waals surface area contributed by atoms with E-state index >= 15 is 0 Å². The van der Waals surface area contributed by atoms with Gasteiger partial charge in [0, 0.05) is 5.92 Å². The first-order chi connectivity index (χ1) is 15.8. The van der Waals surface area contributed by atoms with Crippen molar-refractivity contribution < 1.29 is 19.1 Å². The maximum atomic E-state index is 13.6. The third-order valence-corrected chi connectivity index (χ3v) is 7.32. The first kappa shape index (κ1) is 21.6. The molecule has 2 aromatic carbocycles. The monoisotopic (exact) mass is 527 g/mol. The summed E-state index contributed by atoms with van der Waals surface area (Å²) < 4.78 is 11.6. The third-order valence-electron chi connectivity index (χ3n) is 5.49. The van der Waals surface area contributed by atoms with Crippen molar-refractivity contribution in [3.63, 3.8) is 0 Å². The largest absolute Gasteiger partial charge is 0.503 e. The van der Waals surface area contributed by atoms with E-state index in [1.165, 1.54) is 23.3 Å². The minimum Gasteiger partial charge on any atom is -0.503 e. The number of fused-ring (bicyclic) bond motifs is 2. The highest BCUT2D eigenvalue weighted by molar-refractivity contribution is 9.10. The summed E-state index contributed by atoms with van der Waals surface area (Å²) in [7, 11) is 1.43. The SMILES string of the molecule is COc1cc([C@H]2c3c(oc4ccccc4c3=O)C(=O)N2c2nnc(C(C)C)s2)cc(Br)c1O. The fraction of sp³-hybridized carbons (Fsp3) is 0.217. The van der Waals surface area contributed by atoms with E-state index in [-0.39, 0.29) is 34.2 Å². The number of aromatic hydroxyl groups is 1. The predicted molar refractivity (Wildman–Crippen MR) is 127 cm³/mol. The zero-order valence-corrected chi connectivity index (χ0v) is 20.2. The molecule has 2 aromatic heterocycles. The zero-order chi connectivity index (χ0) is 23.4. The molecule has 1 aliphatic rings. The number of carbonyl (C=O) groups excluding carboxylic acids is 1. The van der Waals surface area contributed by atoms with Gasteiger partial charge in [-0.3, -0.25) is 14.5 Å². The second-order valence-corrected chi connectivity index (χ2v) is 9.72. The summed E-state index contributed by atoms with van der Waals surface area (Å²) in [5.74, 6) is -0.271. The van der Waals surface area contributed by atoms with E-state index in [1.54, 1.807) is 36.4 Å². The quantitative estimate of drug-likeness (QED) is 0.398. The summed E-state index contributed by atoms with van der Waals surface area (Å²) in [6.45, 7) is 3.98. The van der Waals surface area contributed by atoms with Crippen LogP contribution in [-0.2, 0) is 0 Å². The third kappa shape index (κ3) is 3.32. The van der Waals surface area contributed by atoms with Gasteiger partial charge in [-0.15, -0.1) is 10.2 Å². The minimum absolute atomic E-state index is 0.0341. The van der Waals surface area contributed by atoms with Gasteiger partial charge < -0.3 is 14.3 Å². The van der Waals surface area contributed by atoms with Gasteiger partial charge in [-0.05, 0) is 45.8 Å². The Morgan fingerprint density at radius 3 is 2.67 bits per heavy atom. The Labute approximate surface area is 200 Å². The summed E-state index contributed by atoms with van der Waals surface area (Å²) in [6, 6.07) is 9.22. The van der Waals surface area contributed by atoms with Crippen LogP contribution >= 0.6 is 27.3 Å². The molecular formula is C23H18BrN3O5S. The molecule has 1 amide bonds. The first-order valence-corrected chi connectivity index (χ1v) is 11.7. The number of anilines is 1. The summed E-state index contributed by atoms with van der Waals surface area (Å²) in [6.07, 6.45) is 0. The topological polar surface area (TPSA) is 106 Å². The van der Waals surface area contributed by atoms with Crippen LogP contribution in [-0.4, -0.2) is 28.3 Å². The molecule has 1 atom stereocenters. The lowest BCUT2D eigenvalue weighted by Gasteiger charge is -2.23. The van der Waals surface area contributed by atoms with Crippen LogP contribution < -0.4 is 15.1 Å². The van der Waals surface area contributed by atoms with E-state index in [0.29, 0.717) is 26.1 Å². The molecule has 0 fully saturated rings. The predicted octanol–water partition coefficient (Wildman–Crippen LogP) is 4.99. The van der Waals surface area contributed by atoms with Gasteiger partial charge in [-0.25, -0.2) is 0 Å². The molecule has 1 aliphatic heterocycles. The molecule has 0 unspecified atom stereocenters. The number of hydrogen-bond donors (Lipinski definition) is 1. The van der Waals surface area contributed by atoms with Crippen molar-refractivity contribution in [3.8, 4) is 11.5 Å². The highest BCUT2D eigenvalue weighted by atomic mass is 79.9. The van der Waals surface area contributed by atoms with Crippen molar-refractivity contribution in [3.05, 3.63) is 73.0 Å². The van der Waals surface area contributed by atoms with Crippen LogP contribution in [0.15, 0.2) is 50.1 Å². The highest BCUT2D eigenvalue weighted by Gasteiger charge is 2.45. The van der Waals surface area contributed by atoms with Crippen LogP contribution in [0, 0.1) is 0 Å². The number of methoxy groups -OCH3 is 1. The van der Waals surface area contributed by atoms with Crippen LogP contribution in [0.5, 0.6) is 11.5 Å². The molecule has 0 aliphatic carbocycles. The number of aromatic nitrogens is 2. The van der Waals surface area contributed by atoms with Crippen molar-refractivity contribution in [1.29, 1.82) is 0 Å². The summed E-state index contributed by atoms with van der Waals surface area (Å²) >= 11 is 4.62. The number of halogens is 1. The van der Waals surface area contributed by atoms with E-state index in [2.05, 4.69) is 26.1 Å². The normalized spacial score (nSPS) is 15.5. The lowest BCUT2D eigenvalue weighted by atomic mass is 9.98. The number of phenolic OH excluding ortho intramolecular Hbond substituents is 1. The Morgan fingerprint density at radius 2 is 1.97 bits per heavy atom. The van der Waals surface area contributed by atoms with Gasteiger partial charge in [0.2, 0.25) is 10.9 Å². The van der Waals surface area contributed by atoms with Crippen molar-refractivity contribution in [2.24, 2.45) is 0 Å². The fourth-order valence-corrected chi connectivity index (χ4v) is 5.23. The Balaban J connectivity index is 1.81. The number of carbonyl (C=O) groups is 1. The molecule has 5 rings (SSSR count). The number of nitrogens with zero attached hydrogens (tertiary/aromatic N) is 3. The minimum atomic E-state index is -0.841. The number of benzene rings is 2. The van der Waals surface area contributed by atoms with Crippen molar-refractivity contribution >= 4 is 49.3 Å². The lowest BCUT2D eigenvalue weighted by molar-refractivity contribution is 0.0970. The van der Waals surface area contributed by atoms with E-state index < -0.39 is 11.9 Å². The zero-order valence-electron chi connectivity index (χ0n) is 17.8. The van der Waals surface area contributed by atoms with Gasteiger partial charge in [0.1, 0.15) is 10.6 Å². The van der Waals surface area contributed by atoms with Gasteiger partial charge in [0.05, 0.1) is 28.6 Å². The number of para-hydroxylation sites is 1. The van der Waals surface area contributed by atoms with Crippen molar-refractivity contribution in [2.45, 2.75) is 25.8 Å². The number of amides is 1. The number of rotatable bonds is 4. The number of hydrogen-bond acceptors (Lipinski definition) is 8. The lowest BCUT2D eigenvalue weighted by Crippen LogP contribution is -2.29. The van der Waals surface area contributed by atoms with Crippen LogP contribution in [0.25, 0.3) is 11.0 Å². The summed E-state index contributed by atoms with van der Waals surface area (Å²) in [5.41, 5.74) is 0.788. The Hall–Kier alpha value is -3.24. The van der Waals surface area contributed by atoms with Gasteiger partial charge in [0.25, 0.3) is 5.91 Å². The maximum absolute atomic E-state index is 13.6. The summed E-state index contributed by atoms with van der Waals surface area (Å²) in [4.78, 5) is 28.6. The highest BCUT2D eigenvalue weighted by Crippen LogP contribution is 2.46. The van der Waals surface area contributed by atoms with Gasteiger partial charge in [-0.1, -0.05) is 37.3 Å². The second-order valence-electron chi connectivity index (χ2n) is 7.88. The molecule has 0 saturated carbocycles. The van der Waals surface area contributed by atoms with Gasteiger partial charge in [-0.2, -0.15) is 0 Å². The average Bonchev–Trinajstić information content (AvgIpc) is 3.39.